The molecule has 5 nitrogen and oxygen atoms in total. The van der Waals surface area contributed by atoms with E-state index in [1.807, 2.05) is 0 Å². The molecule has 6 heteroatoms. The number of hydrogen-bond acceptors (Lipinski definition) is 3. The fourth-order valence-electron chi connectivity index (χ4n) is 1.82. The molecule has 108 valence electrons. The van der Waals surface area contributed by atoms with Crippen LogP contribution in [0.1, 0.15) is 23.0 Å². The minimum absolute atomic E-state index is 0.0998. The third kappa shape index (κ3) is 3.20. The van der Waals surface area contributed by atoms with E-state index in [2.05, 4.69) is 10.3 Å². The highest BCUT2D eigenvalue weighted by Crippen LogP contribution is 2.21. The highest BCUT2D eigenvalue weighted by Gasteiger charge is 2.37. The van der Waals surface area contributed by atoms with Gasteiger partial charge in [-0.25, -0.2) is 9.78 Å². The summed E-state index contributed by atoms with van der Waals surface area (Å²) >= 11 is 5.71. The Kier molecular flexibility index (Phi) is 4.23. The summed E-state index contributed by atoms with van der Waals surface area (Å²) in [5.41, 5.74) is -0.970. The van der Waals surface area contributed by atoms with Crippen molar-refractivity contribution in [3.8, 4) is 0 Å². The second kappa shape index (κ2) is 5.93. The Labute approximate surface area is 126 Å². The first kappa shape index (κ1) is 15.0. The van der Waals surface area contributed by atoms with Crippen molar-refractivity contribution >= 4 is 23.5 Å². The van der Waals surface area contributed by atoms with Gasteiger partial charge >= 0.3 is 5.97 Å². The molecule has 0 radical (unpaired) electrons. The van der Waals surface area contributed by atoms with E-state index in [0.29, 0.717) is 10.6 Å². The second-order valence-electron chi connectivity index (χ2n) is 4.61. The standard InChI is InChI=1S/C15H13ClN2O3/c1-15(14(20)21,10-5-3-2-4-6-10)18-13(19)12-8-7-11(16)9-17-12/h2-9H,1H3,(H,18,19)(H,20,21). The Hall–Kier alpha value is -2.40. The minimum atomic E-state index is -1.54. The average molecular weight is 305 g/mol. The van der Waals surface area contributed by atoms with Gasteiger partial charge in [-0.1, -0.05) is 41.9 Å². The van der Waals surface area contributed by atoms with Gasteiger partial charge in [0, 0.05) is 6.20 Å². The lowest BCUT2D eigenvalue weighted by molar-refractivity contribution is -0.144. The third-order valence-electron chi connectivity index (χ3n) is 3.10. The number of benzene rings is 1. The molecule has 0 spiro atoms. The molecule has 1 amide bonds. The van der Waals surface area contributed by atoms with Gasteiger partial charge in [0.2, 0.25) is 0 Å². The van der Waals surface area contributed by atoms with Gasteiger partial charge in [-0.05, 0) is 24.6 Å². The number of carbonyl (C=O) groups excluding carboxylic acids is 1. The minimum Gasteiger partial charge on any atom is -0.479 e. The van der Waals surface area contributed by atoms with E-state index in [-0.39, 0.29) is 5.69 Å². The number of carboxylic acid groups (broad SMARTS) is 1. The number of pyridine rings is 1. The lowest BCUT2D eigenvalue weighted by atomic mass is 9.92. The zero-order chi connectivity index (χ0) is 15.5. The first-order valence-corrected chi connectivity index (χ1v) is 6.54. The van der Waals surface area contributed by atoms with Crippen LogP contribution in [0.5, 0.6) is 0 Å². The van der Waals surface area contributed by atoms with Gasteiger partial charge in [-0.3, -0.25) is 4.79 Å². The van der Waals surface area contributed by atoms with Crippen molar-refractivity contribution in [2.45, 2.75) is 12.5 Å². The number of aromatic nitrogens is 1. The fourth-order valence-corrected chi connectivity index (χ4v) is 1.93. The van der Waals surface area contributed by atoms with Crippen LogP contribution in [-0.2, 0) is 10.3 Å². The number of nitrogens with one attached hydrogen (secondary N) is 1. The molecule has 1 unspecified atom stereocenters. The first-order valence-electron chi connectivity index (χ1n) is 6.16. The molecule has 0 aliphatic rings. The van der Waals surface area contributed by atoms with Crippen molar-refractivity contribution in [1.29, 1.82) is 0 Å². The van der Waals surface area contributed by atoms with E-state index in [9.17, 15) is 14.7 Å². The first-order chi connectivity index (χ1) is 9.93. The Morgan fingerprint density at radius 3 is 2.38 bits per heavy atom. The van der Waals surface area contributed by atoms with Gasteiger partial charge in [0.1, 0.15) is 5.69 Å². The Balaban J connectivity index is 2.31. The smallest absolute Gasteiger partial charge is 0.333 e. The predicted molar refractivity (Wildman–Crippen MR) is 78.1 cm³/mol. The lowest BCUT2D eigenvalue weighted by Crippen LogP contribution is -2.49. The molecule has 0 aliphatic carbocycles. The molecular weight excluding hydrogens is 292 g/mol. The predicted octanol–water partition coefficient (Wildman–Crippen LogP) is 2.46. The molecular formula is C15H13ClN2O3. The summed E-state index contributed by atoms with van der Waals surface area (Å²) in [6.07, 6.45) is 1.33. The molecule has 0 bridgehead atoms. The molecule has 0 aliphatic heterocycles. The zero-order valence-electron chi connectivity index (χ0n) is 11.2. The van der Waals surface area contributed by atoms with Gasteiger partial charge < -0.3 is 10.4 Å². The summed E-state index contributed by atoms with van der Waals surface area (Å²) in [5, 5.41) is 12.4. The number of carboxylic acids is 1. The summed E-state index contributed by atoms with van der Waals surface area (Å²) < 4.78 is 0. The van der Waals surface area contributed by atoms with E-state index < -0.39 is 17.4 Å². The summed E-state index contributed by atoms with van der Waals surface area (Å²) in [6, 6.07) is 11.4. The number of rotatable bonds is 4. The van der Waals surface area contributed by atoms with E-state index >= 15 is 0 Å². The SMILES string of the molecule is CC(NC(=O)c1ccc(Cl)cn1)(C(=O)O)c1ccccc1. The molecule has 1 atom stereocenters. The third-order valence-corrected chi connectivity index (χ3v) is 3.33. The topological polar surface area (TPSA) is 79.3 Å². The van der Waals surface area contributed by atoms with Crippen LogP contribution in [0.25, 0.3) is 0 Å². The largest absolute Gasteiger partial charge is 0.479 e. The molecule has 0 fully saturated rings. The maximum atomic E-state index is 12.2. The molecule has 2 aromatic rings. The number of nitrogens with zero attached hydrogens (tertiary/aromatic N) is 1. The molecule has 1 aromatic heterocycles. The van der Waals surface area contributed by atoms with Crippen molar-refractivity contribution in [2.75, 3.05) is 0 Å². The van der Waals surface area contributed by atoms with Crippen molar-refractivity contribution in [3.05, 3.63) is 64.9 Å². The van der Waals surface area contributed by atoms with Crippen molar-refractivity contribution in [1.82, 2.24) is 10.3 Å². The van der Waals surface area contributed by atoms with E-state index in [4.69, 9.17) is 11.6 Å². The summed E-state index contributed by atoms with van der Waals surface area (Å²) in [6.45, 7) is 1.43. The Morgan fingerprint density at radius 2 is 1.86 bits per heavy atom. The molecule has 0 saturated carbocycles. The van der Waals surface area contributed by atoms with Crippen LogP contribution < -0.4 is 5.32 Å². The zero-order valence-corrected chi connectivity index (χ0v) is 12.0. The van der Waals surface area contributed by atoms with Crippen LogP contribution in [0.3, 0.4) is 0 Å². The normalized spacial score (nSPS) is 13.2. The van der Waals surface area contributed by atoms with Gasteiger partial charge in [-0.15, -0.1) is 0 Å². The Bertz CT molecular complexity index is 658. The van der Waals surface area contributed by atoms with Crippen LogP contribution in [0, 0.1) is 0 Å². The van der Waals surface area contributed by atoms with Gasteiger partial charge in [0.05, 0.1) is 5.02 Å². The van der Waals surface area contributed by atoms with Gasteiger partial charge in [-0.2, -0.15) is 0 Å². The highest BCUT2D eigenvalue weighted by molar-refractivity contribution is 6.30. The van der Waals surface area contributed by atoms with Crippen molar-refractivity contribution < 1.29 is 14.7 Å². The van der Waals surface area contributed by atoms with Crippen LogP contribution in [-0.4, -0.2) is 22.0 Å². The van der Waals surface area contributed by atoms with Crippen LogP contribution in [0.15, 0.2) is 48.7 Å². The summed E-state index contributed by atoms with van der Waals surface area (Å²) in [5.74, 6) is -1.74. The summed E-state index contributed by atoms with van der Waals surface area (Å²) in [7, 11) is 0. The Morgan fingerprint density at radius 1 is 1.19 bits per heavy atom. The summed E-state index contributed by atoms with van der Waals surface area (Å²) in [4.78, 5) is 27.6. The van der Waals surface area contributed by atoms with Crippen LogP contribution in [0.2, 0.25) is 5.02 Å². The molecule has 0 saturated heterocycles. The number of carbonyl (C=O) groups is 2. The number of aliphatic carboxylic acids is 1. The molecule has 21 heavy (non-hydrogen) atoms. The van der Waals surface area contributed by atoms with Crippen LogP contribution >= 0.6 is 11.6 Å². The quantitative estimate of drug-likeness (QED) is 0.909. The number of halogens is 1. The van der Waals surface area contributed by atoms with Crippen LogP contribution in [0.4, 0.5) is 0 Å². The van der Waals surface area contributed by atoms with E-state index in [1.165, 1.54) is 25.3 Å². The molecule has 1 aromatic carbocycles. The number of amides is 1. The van der Waals surface area contributed by atoms with Crippen molar-refractivity contribution in [2.24, 2.45) is 0 Å². The van der Waals surface area contributed by atoms with E-state index in [1.54, 1.807) is 30.3 Å². The molecule has 2 N–H and O–H groups in total. The van der Waals surface area contributed by atoms with Crippen molar-refractivity contribution in [3.63, 3.8) is 0 Å². The maximum absolute atomic E-state index is 12.2. The molecule has 2 rings (SSSR count). The van der Waals surface area contributed by atoms with Gasteiger partial charge in [0.15, 0.2) is 5.54 Å². The number of hydrogen-bond donors (Lipinski definition) is 2. The van der Waals surface area contributed by atoms with Gasteiger partial charge in [0.25, 0.3) is 5.91 Å². The van der Waals surface area contributed by atoms with E-state index in [0.717, 1.165) is 0 Å². The highest BCUT2D eigenvalue weighted by atomic mass is 35.5. The second-order valence-corrected chi connectivity index (χ2v) is 5.05. The molecule has 1 heterocycles. The monoisotopic (exact) mass is 304 g/mol. The lowest BCUT2D eigenvalue weighted by Gasteiger charge is -2.26. The maximum Gasteiger partial charge on any atom is 0.333 e. The average Bonchev–Trinajstić information content (AvgIpc) is 2.48. The fraction of sp³-hybridized carbons (Fsp3) is 0.133.